The second-order valence-corrected chi connectivity index (χ2v) is 9.16. The van der Waals surface area contributed by atoms with Crippen LogP contribution in [0.15, 0.2) is 90.7 Å². The van der Waals surface area contributed by atoms with Gasteiger partial charge in [-0.2, -0.15) is 8.78 Å². The monoisotopic (exact) mass is 575 g/mol. The lowest BCUT2D eigenvalue weighted by atomic mass is 10.0. The van der Waals surface area contributed by atoms with Gasteiger partial charge < -0.3 is 24.6 Å². The number of rotatable bonds is 9. The van der Waals surface area contributed by atoms with Crippen molar-refractivity contribution in [3.8, 4) is 5.75 Å². The Morgan fingerprint density at radius 3 is 2.28 bits per heavy atom. The van der Waals surface area contributed by atoms with Crippen molar-refractivity contribution in [2.45, 2.75) is 18.3 Å². The van der Waals surface area contributed by atoms with E-state index in [4.69, 9.17) is 42.5 Å². The molecule has 0 saturated heterocycles. The molecule has 0 saturated carbocycles. The molecular formula is C28H21Cl2F2NO6. The van der Waals surface area contributed by atoms with Gasteiger partial charge in [0, 0.05) is 24.9 Å². The van der Waals surface area contributed by atoms with Gasteiger partial charge in [0.2, 0.25) is 0 Å². The Kier molecular flexibility index (Phi) is 8.36. The van der Waals surface area contributed by atoms with Crippen LogP contribution in [-0.2, 0) is 16.1 Å². The molecule has 7 nitrogen and oxygen atoms in total. The molecule has 1 aliphatic rings. The fraction of sp³-hybridized carbons (Fsp3) is 0.143. The van der Waals surface area contributed by atoms with E-state index in [0.717, 1.165) is 13.2 Å². The summed E-state index contributed by atoms with van der Waals surface area (Å²) in [7, 11) is 1.10. The lowest BCUT2D eigenvalue weighted by molar-refractivity contribution is -0.290. The number of carbonyl (C=O) groups is 2. The fourth-order valence-corrected chi connectivity index (χ4v) is 4.00. The second kappa shape index (κ2) is 11.5. The highest BCUT2D eigenvalue weighted by atomic mass is 35.5. The Balaban J connectivity index is 1.57. The number of carboxylic acid groups (broad SMARTS) is 1. The van der Waals surface area contributed by atoms with E-state index in [1.165, 1.54) is 42.5 Å². The molecular weight excluding hydrogens is 555 g/mol. The predicted molar refractivity (Wildman–Crippen MR) is 142 cm³/mol. The van der Waals surface area contributed by atoms with Crippen LogP contribution < -0.4 is 10.1 Å². The minimum atomic E-state index is -3.66. The summed E-state index contributed by atoms with van der Waals surface area (Å²) in [5.74, 6) is -8.32. The summed E-state index contributed by atoms with van der Waals surface area (Å²) in [5, 5.41) is 11.7. The normalized spacial score (nSPS) is 17.8. The van der Waals surface area contributed by atoms with Gasteiger partial charge in [-0.15, -0.1) is 0 Å². The smallest absolute Gasteiger partial charge is 0.335 e. The summed E-state index contributed by atoms with van der Waals surface area (Å²) in [6, 6.07) is 16.6. The molecule has 39 heavy (non-hydrogen) atoms. The Labute approximate surface area is 232 Å². The van der Waals surface area contributed by atoms with Crippen molar-refractivity contribution >= 4 is 40.8 Å². The number of ether oxygens (including phenoxy) is 3. The van der Waals surface area contributed by atoms with Crippen LogP contribution in [0.1, 0.15) is 26.3 Å². The first kappa shape index (κ1) is 28.3. The maximum atomic E-state index is 15.3. The second-order valence-electron chi connectivity index (χ2n) is 8.35. The van der Waals surface area contributed by atoms with Gasteiger partial charge in [0.05, 0.1) is 27.8 Å². The van der Waals surface area contributed by atoms with Gasteiger partial charge in [-0.1, -0.05) is 53.5 Å². The van der Waals surface area contributed by atoms with E-state index in [9.17, 15) is 9.59 Å². The molecule has 2 N–H and O–H groups in total. The molecule has 0 heterocycles. The van der Waals surface area contributed by atoms with E-state index >= 15 is 8.78 Å². The van der Waals surface area contributed by atoms with Crippen LogP contribution in [0.25, 0.3) is 0 Å². The molecule has 1 amide bonds. The number of carboxylic acids is 1. The lowest BCUT2D eigenvalue weighted by Crippen LogP contribution is -2.50. The first-order valence-electron chi connectivity index (χ1n) is 11.4. The summed E-state index contributed by atoms with van der Waals surface area (Å²) in [6.07, 6.45) is 2.80. The molecule has 3 aromatic carbocycles. The standard InChI is InChI=1S/C28H21Cl2F2NO6/c1-37-28(38-16-17-5-3-2-4-6-17)12-11-20(15-27(28,31)32)39-24-14-23(30)22(29)13-21(24)25(34)33-19-9-7-18(8-10-19)26(35)36/h2-15H,16H2,1H3,(H,33,34)(H,35,36). The van der Waals surface area contributed by atoms with Crippen LogP contribution in [0, 0.1) is 0 Å². The van der Waals surface area contributed by atoms with Crippen LogP contribution in [0.3, 0.4) is 0 Å². The molecule has 0 aromatic heterocycles. The summed E-state index contributed by atoms with van der Waals surface area (Å²) >= 11 is 12.2. The third-order valence-corrected chi connectivity index (χ3v) is 6.46. The summed E-state index contributed by atoms with van der Waals surface area (Å²) in [5.41, 5.74) is 0.885. The average molecular weight is 576 g/mol. The molecule has 3 aromatic rings. The van der Waals surface area contributed by atoms with Gasteiger partial charge in [0.1, 0.15) is 11.5 Å². The molecule has 0 bridgehead atoms. The maximum Gasteiger partial charge on any atom is 0.335 e. The van der Waals surface area contributed by atoms with E-state index < -0.39 is 23.6 Å². The van der Waals surface area contributed by atoms with Gasteiger partial charge in [0.15, 0.2) is 0 Å². The van der Waals surface area contributed by atoms with Crippen LogP contribution in [0.4, 0.5) is 14.5 Å². The molecule has 11 heteroatoms. The topological polar surface area (TPSA) is 94.1 Å². The Bertz CT molecular complexity index is 1440. The largest absolute Gasteiger partial charge is 0.478 e. The number of alkyl halides is 2. The SMILES string of the molecule is COC1(OCc2ccccc2)C=CC(Oc2cc(Cl)c(Cl)cc2C(=O)Nc2ccc(C(=O)O)cc2)=CC1(F)F. The molecule has 1 aliphatic carbocycles. The van der Waals surface area contributed by atoms with Gasteiger partial charge in [-0.05, 0) is 48.0 Å². The maximum absolute atomic E-state index is 15.3. The lowest BCUT2D eigenvalue weighted by Gasteiger charge is -2.37. The van der Waals surface area contributed by atoms with Gasteiger partial charge in [0.25, 0.3) is 11.7 Å². The quantitative estimate of drug-likeness (QED) is 0.267. The minimum Gasteiger partial charge on any atom is -0.478 e. The van der Waals surface area contributed by atoms with Crippen molar-refractivity contribution in [3.05, 3.63) is 117 Å². The van der Waals surface area contributed by atoms with Crippen LogP contribution in [0.2, 0.25) is 10.0 Å². The Morgan fingerprint density at radius 2 is 1.67 bits per heavy atom. The van der Waals surface area contributed by atoms with Crippen molar-refractivity contribution in [2.75, 3.05) is 12.4 Å². The first-order valence-corrected chi connectivity index (χ1v) is 12.1. The molecule has 0 radical (unpaired) electrons. The molecule has 0 spiro atoms. The number of halogens is 4. The zero-order valence-electron chi connectivity index (χ0n) is 20.3. The number of hydrogen-bond acceptors (Lipinski definition) is 5. The zero-order chi connectivity index (χ0) is 28.2. The summed E-state index contributed by atoms with van der Waals surface area (Å²) in [6.45, 7) is -0.136. The van der Waals surface area contributed by atoms with Crippen molar-refractivity contribution in [3.63, 3.8) is 0 Å². The molecule has 1 unspecified atom stereocenters. The summed E-state index contributed by atoms with van der Waals surface area (Å²) in [4.78, 5) is 24.1. The summed E-state index contributed by atoms with van der Waals surface area (Å²) < 4.78 is 46.9. The third-order valence-electron chi connectivity index (χ3n) is 5.74. The molecule has 4 rings (SSSR count). The highest BCUT2D eigenvalue weighted by Gasteiger charge is 2.55. The number of nitrogens with one attached hydrogen (secondary N) is 1. The van der Waals surface area contributed by atoms with Gasteiger partial charge in [-0.25, -0.2) is 4.79 Å². The van der Waals surface area contributed by atoms with Crippen molar-refractivity contribution < 1.29 is 37.7 Å². The molecule has 0 aliphatic heterocycles. The molecule has 0 fully saturated rings. The number of amides is 1. The van der Waals surface area contributed by atoms with Crippen molar-refractivity contribution in [1.29, 1.82) is 0 Å². The predicted octanol–water partition coefficient (Wildman–Crippen LogP) is 6.97. The molecule has 1 atom stereocenters. The van der Waals surface area contributed by atoms with Crippen molar-refractivity contribution in [1.82, 2.24) is 0 Å². The number of carbonyl (C=O) groups excluding carboxylic acids is 1. The first-order chi connectivity index (χ1) is 18.5. The van der Waals surface area contributed by atoms with E-state index in [1.807, 2.05) is 0 Å². The van der Waals surface area contributed by atoms with E-state index in [-0.39, 0.29) is 45.0 Å². The number of benzene rings is 3. The van der Waals surface area contributed by atoms with Crippen molar-refractivity contribution in [2.24, 2.45) is 0 Å². The number of anilines is 1. The zero-order valence-corrected chi connectivity index (χ0v) is 21.8. The third kappa shape index (κ3) is 6.29. The Hall–Kier alpha value is -3.76. The van der Waals surface area contributed by atoms with E-state index in [2.05, 4.69) is 5.32 Å². The number of allylic oxidation sites excluding steroid dienone is 1. The van der Waals surface area contributed by atoms with Crippen LogP contribution >= 0.6 is 23.2 Å². The number of methoxy groups -OCH3 is 1. The van der Waals surface area contributed by atoms with E-state index in [0.29, 0.717) is 11.6 Å². The van der Waals surface area contributed by atoms with Crippen LogP contribution in [0.5, 0.6) is 5.75 Å². The van der Waals surface area contributed by atoms with Gasteiger partial charge in [-0.3, -0.25) is 4.79 Å². The van der Waals surface area contributed by atoms with E-state index in [1.54, 1.807) is 30.3 Å². The number of aromatic carboxylic acids is 1. The van der Waals surface area contributed by atoms with Gasteiger partial charge >= 0.3 is 11.9 Å². The fourth-order valence-electron chi connectivity index (χ4n) is 3.68. The number of hydrogen-bond donors (Lipinski definition) is 2. The Morgan fingerprint density at radius 1 is 1.00 bits per heavy atom. The molecule has 202 valence electrons. The van der Waals surface area contributed by atoms with Crippen LogP contribution in [-0.4, -0.2) is 35.8 Å². The highest BCUT2D eigenvalue weighted by molar-refractivity contribution is 6.42. The minimum absolute atomic E-state index is 0.0265. The highest BCUT2D eigenvalue weighted by Crippen LogP contribution is 2.41. The average Bonchev–Trinajstić information content (AvgIpc) is 2.91.